The summed E-state index contributed by atoms with van der Waals surface area (Å²) in [6.07, 6.45) is 0.830. The van der Waals surface area contributed by atoms with Crippen LogP contribution >= 0.6 is 0 Å². The molecule has 0 fully saturated rings. The fraction of sp³-hybridized carbons (Fsp3) is 0.231. The van der Waals surface area contributed by atoms with E-state index in [0.717, 1.165) is 22.5 Å². The standard InChI is InChI=1S/C13H14N4O2/c14-5-9-1-3-11(4-2-9)17-12-8-16(13(18)19)7-10(12)6-15-17/h1-4,6H,5,7-8,14H2,(H,18,19). The normalized spacial score (nSPS) is 13.6. The van der Waals surface area contributed by atoms with Gasteiger partial charge in [0.05, 0.1) is 30.7 Å². The molecular weight excluding hydrogens is 244 g/mol. The molecule has 1 aliphatic heterocycles. The number of aromatic nitrogens is 2. The van der Waals surface area contributed by atoms with Crippen LogP contribution in [0.4, 0.5) is 4.79 Å². The summed E-state index contributed by atoms with van der Waals surface area (Å²) in [5.41, 5.74) is 9.44. The smallest absolute Gasteiger partial charge is 0.407 e. The van der Waals surface area contributed by atoms with Crippen molar-refractivity contribution >= 4 is 6.09 Å². The Bertz CT molecular complexity index is 618. The van der Waals surface area contributed by atoms with Gasteiger partial charge < -0.3 is 10.8 Å². The van der Waals surface area contributed by atoms with Gasteiger partial charge in [0.1, 0.15) is 0 Å². The van der Waals surface area contributed by atoms with Gasteiger partial charge in [-0.25, -0.2) is 9.48 Å². The third kappa shape index (κ3) is 1.96. The summed E-state index contributed by atoms with van der Waals surface area (Å²) in [5.74, 6) is 0. The number of nitrogens with two attached hydrogens (primary N) is 1. The van der Waals surface area contributed by atoms with Gasteiger partial charge >= 0.3 is 6.09 Å². The van der Waals surface area contributed by atoms with Crippen molar-refractivity contribution in [3.63, 3.8) is 0 Å². The topological polar surface area (TPSA) is 84.4 Å². The Hall–Kier alpha value is -2.34. The Morgan fingerprint density at radius 1 is 1.32 bits per heavy atom. The van der Waals surface area contributed by atoms with Crippen LogP contribution < -0.4 is 5.73 Å². The second kappa shape index (κ2) is 4.40. The fourth-order valence-electron chi connectivity index (χ4n) is 2.28. The minimum Gasteiger partial charge on any atom is -0.465 e. The minimum atomic E-state index is -0.902. The van der Waals surface area contributed by atoms with Gasteiger partial charge in [-0.1, -0.05) is 12.1 Å². The molecule has 1 aliphatic rings. The zero-order valence-electron chi connectivity index (χ0n) is 10.3. The van der Waals surface area contributed by atoms with Crippen LogP contribution in [0.3, 0.4) is 0 Å². The maximum atomic E-state index is 11.0. The van der Waals surface area contributed by atoms with E-state index in [1.54, 1.807) is 10.9 Å². The third-order valence-corrected chi connectivity index (χ3v) is 3.34. The molecule has 0 saturated carbocycles. The van der Waals surface area contributed by atoms with E-state index in [1.807, 2.05) is 24.3 Å². The molecule has 1 aromatic carbocycles. The highest BCUT2D eigenvalue weighted by molar-refractivity contribution is 5.66. The summed E-state index contributed by atoms with van der Waals surface area (Å²) in [6, 6.07) is 7.79. The lowest BCUT2D eigenvalue weighted by Crippen LogP contribution is -2.23. The fourth-order valence-corrected chi connectivity index (χ4v) is 2.28. The molecule has 0 atom stereocenters. The SMILES string of the molecule is NCc1ccc(-n2ncc3c2CN(C(=O)O)C3)cc1. The van der Waals surface area contributed by atoms with E-state index in [1.165, 1.54) is 4.90 Å². The number of amides is 1. The first-order chi connectivity index (χ1) is 9.19. The Kier molecular flexibility index (Phi) is 2.72. The van der Waals surface area contributed by atoms with E-state index in [9.17, 15) is 4.79 Å². The van der Waals surface area contributed by atoms with Crippen molar-refractivity contribution in [3.8, 4) is 5.69 Å². The molecule has 6 heteroatoms. The van der Waals surface area contributed by atoms with Gasteiger partial charge in [-0.2, -0.15) is 5.10 Å². The Balaban J connectivity index is 1.93. The molecule has 19 heavy (non-hydrogen) atoms. The zero-order valence-corrected chi connectivity index (χ0v) is 10.3. The molecule has 1 amide bonds. The summed E-state index contributed by atoms with van der Waals surface area (Å²) in [5, 5.41) is 13.3. The molecule has 0 aliphatic carbocycles. The molecule has 98 valence electrons. The van der Waals surface area contributed by atoms with Gasteiger partial charge in [-0.05, 0) is 17.7 Å². The quantitative estimate of drug-likeness (QED) is 0.851. The molecule has 0 saturated heterocycles. The minimum absolute atomic E-state index is 0.378. The molecule has 0 unspecified atom stereocenters. The van der Waals surface area contributed by atoms with Crippen LogP contribution in [-0.2, 0) is 19.6 Å². The van der Waals surface area contributed by atoms with Crippen LogP contribution in [0.5, 0.6) is 0 Å². The Morgan fingerprint density at radius 3 is 2.68 bits per heavy atom. The maximum Gasteiger partial charge on any atom is 0.407 e. The number of carboxylic acid groups (broad SMARTS) is 1. The molecule has 0 spiro atoms. The van der Waals surface area contributed by atoms with Gasteiger partial charge in [-0.3, -0.25) is 4.90 Å². The Morgan fingerprint density at radius 2 is 2.05 bits per heavy atom. The molecule has 3 rings (SSSR count). The molecule has 3 N–H and O–H groups in total. The predicted molar refractivity (Wildman–Crippen MR) is 68.7 cm³/mol. The lowest BCUT2D eigenvalue weighted by Gasteiger charge is -2.11. The number of benzene rings is 1. The average molecular weight is 258 g/mol. The average Bonchev–Trinajstić information content (AvgIpc) is 2.98. The summed E-state index contributed by atoms with van der Waals surface area (Å²) in [4.78, 5) is 12.4. The predicted octanol–water partition coefficient (Wildman–Crippen LogP) is 1.32. The molecule has 0 bridgehead atoms. The highest BCUT2D eigenvalue weighted by atomic mass is 16.4. The van der Waals surface area contributed by atoms with Gasteiger partial charge in [0, 0.05) is 12.1 Å². The van der Waals surface area contributed by atoms with Crippen molar-refractivity contribution in [2.75, 3.05) is 0 Å². The van der Waals surface area contributed by atoms with Crippen LogP contribution in [0.1, 0.15) is 16.8 Å². The van der Waals surface area contributed by atoms with Crippen molar-refractivity contribution < 1.29 is 9.90 Å². The van der Waals surface area contributed by atoms with Crippen molar-refractivity contribution in [2.45, 2.75) is 19.6 Å². The highest BCUT2D eigenvalue weighted by Gasteiger charge is 2.27. The van der Waals surface area contributed by atoms with Gasteiger partial charge in [0.25, 0.3) is 0 Å². The van der Waals surface area contributed by atoms with Crippen LogP contribution in [0.15, 0.2) is 30.5 Å². The lowest BCUT2D eigenvalue weighted by molar-refractivity contribution is 0.144. The van der Waals surface area contributed by atoms with E-state index < -0.39 is 6.09 Å². The van der Waals surface area contributed by atoms with Gasteiger partial charge in [-0.15, -0.1) is 0 Å². The molecule has 0 radical (unpaired) electrons. The molecular formula is C13H14N4O2. The van der Waals surface area contributed by atoms with Crippen LogP contribution in [0.25, 0.3) is 5.69 Å². The van der Waals surface area contributed by atoms with E-state index in [-0.39, 0.29) is 0 Å². The lowest BCUT2D eigenvalue weighted by atomic mass is 10.2. The molecule has 1 aromatic heterocycles. The van der Waals surface area contributed by atoms with Gasteiger partial charge in [0.15, 0.2) is 0 Å². The van der Waals surface area contributed by atoms with Crippen molar-refractivity contribution in [3.05, 3.63) is 47.3 Å². The number of hydrogen-bond acceptors (Lipinski definition) is 3. The summed E-state index contributed by atoms with van der Waals surface area (Å²) in [7, 11) is 0. The largest absolute Gasteiger partial charge is 0.465 e. The van der Waals surface area contributed by atoms with Crippen LogP contribution in [0.2, 0.25) is 0 Å². The molecule has 2 aromatic rings. The summed E-state index contributed by atoms with van der Waals surface area (Å²) >= 11 is 0. The van der Waals surface area contributed by atoms with Crippen LogP contribution in [-0.4, -0.2) is 25.9 Å². The van der Waals surface area contributed by atoms with Crippen molar-refractivity contribution in [1.82, 2.24) is 14.7 Å². The van der Waals surface area contributed by atoms with E-state index in [4.69, 9.17) is 10.8 Å². The number of rotatable bonds is 2. The first kappa shape index (κ1) is 11.7. The number of carbonyl (C=O) groups is 1. The molecule has 2 heterocycles. The monoisotopic (exact) mass is 258 g/mol. The van der Waals surface area contributed by atoms with Gasteiger partial charge in [0.2, 0.25) is 0 Å². The summed E-state index contributed by atoms with van der Waals surface area (Å²) in [6.45, 7) is 1.29. The zero-order chi connectivity index (χ0) is 13.4. The van der Waals surface area contributed by atoms with E-state index in [2.05, 4.69) is 5.10 Å². The van der Waals surface area contributed by atoms with Crippen molar-refractivity contribution in [2.24, 2.45) is 5.73 Å². The second-order valence-corrected chi connectivity index (χ2v) is 4.54. The number of nitrogens with zero attached hydrogens (tertiary/aromatic N) is 3. The molecule has 6 nitrogen and oxygen atoms in total. The van der Waals surface area contributed by atoms with E-state index in [0.29, 0.717) is 19.6 Å². The number of hydrogen-bond donors (Lipinski definition) is 2. The number of fused-ring (bicyclic) bond motifs is 1. The van der Waals surface area contributed by atoms with Crippen molar-refractivity contribution in [1.29, 1.82) is 0 Å². The first-order valence-corrected chi connectivity index (χ1v) is 6.02. The Labute approximate surface area is 110 Å². The highest BCUT2D eigenvalue weighted by Crippen LogP contribution is 2.25. The third-order valence-electron chi connectivity index (χ3n) is 3.34. The van der Waals surface area contributed by atoms with Crippen LogP contribution in [0, 0.1) is 0 Å². The first-order valence-electron chi connectivity index (χ1n) is 6.02. The van der Waals surface area contributed by atoms with E-state index >= 15 is 0 Å². The maximum absolute atomic E-state index is 11.0. The second-order valence-electron chi connectivity index (χ2n) is 4.54. The summed E-state index contributed by atoms with van der Waals surface area (Å²) < 4.78 is 1.79.